The van der Waals surface area contributed by atoms with Crippen molar-refractivity contribution in [1.29, 1.82) is 0 Å². The van der Waals surface area contributed by atoms with E-state index in [1.807, 2.05) is 0 Å². The largest absolute Gasteiger partial charge is 0.346 e. The zero-order chi connectivity index (χ0) is 11.7. The number of benzene rings is 1. The number of aromatic nitrogens is 2. The molecule has 0 aliphatic rings. The Balaban J connectivity index is 2.66. The van der Waals surface area contributed by atoms with E-state index in [-0.39, 0.29) is 5.02 Å². The van der Waals surface area contributed by atoms with Crippen LogP contribution in [-0.2, 0) is 0 Å². The molecule has 0 aliphatic carbocycles. The van der Waals surface area contributed by atoms with Gasteiger partial charge >= 0.3 is 0 Å². The van der Waals surface area contributed by atoms with E-state index in [1.54, 1.807) is 18.2 Å². The van der Waals surface area contributed by atoms with E-state index < -0.39 is 5.82 Å². The smallest absolute Gasteiger partial charge is 0.152 e. The number of hydrogen-bond donors (Lipinski definition) is 1. The van der Waals surface area contributed by atoms with Crippen LogP contribution >= 0.6 is 39.7 Å². The Labute approximate surface area is 110 Å². The predicted octanol–water partition coefficient (Wildman–Crippen LogP) is 4.36. The molecule has 1 N–H and O–H groups in total. The lowest BCUT2D eigenvalue weighted by Crippen LogP contribution is -1.90. The highest BCUT2D eigenvalue weighted by molar-refractivity contribution is 9.10. The normalized spacial score (nSPS) is 10.4. The molecular formula is C10H5BrClFN2S. The zero-order valence-corrected chi connectivity index (χ0v) is 11.0. The topological polar surface area (TPSA) is 28.7 Å². The van der Waals surface area contributed by atoms with E-state index in [9.17, 15) is 4.39 Å². The number of nitrogens with zero attached hydrogens (tertiary/aromatic N) is 1. The Kier molecular flexibility index (Phi) is 3.37. The van der Waals surface area contributed by atoms with Gasteiger partial charge in [0.25, 0.3) is 0 Å². The Morgan fingerprint density at radius 3 is 2.88 bits per heavy atom. The lowest BCUT2D eigenvalue weighted by Gasteiger charge is -2.05. The number of halogens is 3. The summed E-state index contributed by atoms with van der Waals surface area (Å²) in [6, 6.07) is 4.88. The second-order valence-electron chi connectivity index (χ2n) is 3.02. The molecule has 0 saturated carbocycles. The summed E-state index contributed by atoms with van der Waals surface area (Å²) in [5, 5.41) is 0.0497. The van der Waals surface area contributed by atoms with Gasteiger partial charge in [0.2, 0.25) is 0 Å². The molecule has 2 nitrogen and oxygen atoms in total. The average Bonchev–Trinajstić information content (AvgIpc) is 2.26. The van der Waals surface area contributed by atoms with Crippen molar-refractivity contribution in [1.82, 2.24) is 9.97 Å². The molecule has 0 amide bonds. The fourth-order valence-electron chi connectivity index (χ4n) is 1.26. The van der Waals surface area contributed by atoms with E-state index >= 15 is 0 Å². The second kappa shape index (κ2) is 4.61. The standard InChI is InChI=1S/C10H5BrClFN2S/c11-6-2-1-5(10(13)9(6)12)7-3-8(16)15-4-14-7/h1-4H,(H,14,15,16). The highest BCUT2D eigenvalue weighted by Crippen LogP contribution is 2.31. The Hall–Kier alpha value is -0.780. The van der Waals surface area contributed by atoms with Gasteiger partial charge in [0.05, 0.1) is 17.0 Å². The molecule has 82 valence electrons. The van der Waals surface area contributed by atoms with Crippen LogP contribution in [0.2, 0.25) is 5.02 Å². The number of aromatic amines is 1. The first kappa shape index (κ1) is 11.7. The van der Waals surface area contributed by atoms with Crippen LogP contribution in [0.5, 0.6) is 0 Å². The van der Waals surface area contributed by atoms with Gasteiger partial charge in [0, 0.05) is 10.0 Å². The quantitative estimate of drug-likeness (QED) is 0.625. The fourth-order valence-corrected chi connectivity index (χ4v) is 1.90. The molecule has 0 bridgehead atoms. The van der Waals surface area contributed by atoms with Crippen LogP contribution in [0.15, 0.2) is 29.0 Å². The van der Waals surface area contributed by atoms with Crippen molar-refractivity contribution in [3.05, 3.63) is 44.5 Å². The zero-order valence-electron chi connectivity index (χ0n) is 7.80. The summed E-state index contributed by atoms with van der Waals surface area (Å²) in [6.45, 7) is 0. The van der Waals surface area contributed by atoms with Gasteiger partial charge in [0.1, 0.15) is 4.64 Å². The Bertz CT molecular complexity index is 600. The molecule has 0 aliphatic heterocycles. The molecule has 2 rings (SSSR count). The maximum absolute atomic E-state index is 13.8. The predicted molar refractivity (Wildman–Crippen MR) is 67.5 cm³/mol. The van der Waals surface area contributed by atoms with E-state index in [4.69, 9.17) is 23.8 Å². The summed E-state index contributed by atoms with van der Waals surface area (Å²) in [6.07, 6.45) is 1.42. The third kappa shape index (κ3) is 2.16. The van der Waals surface area contributed by atoms with Crippen molar-refractivity contribution >= 4 is 39.7 Å². The second-order valence-corrected chi connectivity index (χ2v) is 4.67. The van der Waals surface area contributed by atoms with Gasteiger partial charge in [-0.3, -0.25) is 0 Å². The van der Waals surface area contributed by atoms with Crippen LogP contribution in [-0.4, -0.2) is 9.97 Å². The van der Waals surface area contributed by atoms with E-state index in [1.165, 1.54) is 6.33 Å². The van der Waals surface area contributed by atoms with Crippen molar-refractivity contribution < 1.29 is 4.39 Å². The average molecular weight is 320 g/mol. The van der Waals surface area contributed by atoms with Gasteiger partial charge in [-0.15, -0.1) is 0 Å². The van der Waals surface area contributed by atoms with Crippen LogP contribution in [0.4, 0.5) is 4.39 Å². The van der Waals surface area contributed by atoms with Gasteiger partial charge in [-0.2, -0.15) is 0 Å². The van der Waals surface area contributed by atoms with Crippen molar-refractivity contribution in [2.24, 2.45) is 0 Å². The number of H-pyrrole nitrogens is 1. The highest BCUT2D eigenvalue weighted by Gasteiger charge is 2.11. The molecular weight excluding hydrogens is 315 g/mol. The van der Waals surface area contributed by atoms with Crippen molar-refractivity contribution in [2.45, 2.75) is 0 Å². The summed E-state index contributed by atoms with van der Waals surface area (Å²) in [7, 11) is 0. The fraction of sp³-hybridized carbons (Fsp3) is 0. The molecule has 0 saturated heterocycles. The molecule has 0 atom stereocenters. The third-order valence-electron chi connectivity index (χ3n) is 2.01. The summed E-state index contributed by atoms with van der Waals surface area (Å²) in [4.78, 5) is 6.65. The lowest BCUT2D eigenvalue weighted by molar-refractivity contribution is 0.630. The molecule has 0 unspecified atom stereocenters. The van der Waals surface area contributed by atoms with Crippen LogP contribution in [0, 0.1) is 10.5 Å². The summed E-state index contributed by atoms with van der Waals surface area (Å²) < 4.78 is 14.8. The van der Waals surface area contributed by atoms with Crippen LogP contribution in [0.25, 0.3) is 11.3 Å². The van der Waals surface area contributed by atoms with Gasteiger partial charge in [-0.25, -0.2) is 9.37 Å². The number of nitrogens with one attached hydrogen (secondary N) is 1. The first-order chi connectivity index (χ1) is 7.59. The van der Waals surface area contributed by atoms with Gasteiger partial charge < -0.3 is 4.98 Å². The SMILES string of the molecule is Fc1c(-c2cc(=S)nc[nH]2)ccc(Br)c1Cl. The van der Waals surface area contributed by atoms with Crippen LogP contribution in [0.1, 0.15) is 0 Å². The van der Waals surface area contributed by atoms with Gasteiger partial charge in [-0.1, -0.05) is 23.8 Å². The summed E-state index contributed by atoms with van der Waals surface area (Å²) >= 11 is 13.9. The molecule has 0 radical (unpaired) electrons. The first-order valence-electron chi connectivity index (χ1n) is 4.28. The van der Waals surface area contributed by atoms with Crippen LogP contribution in [0.3, 0.4) is 0 Å². The molecule has 1 aromatic carbocycles. The van der Waals surface area contributed by atoms with E-state index in [0.717, 1.165) is 0 Å². The number of rotatable bonds is 1. The van der Waals surface area contributed by atoms with E-state index in [0.29, 0.717) is 20.4 Å². The molecule has 1 aromatic heterocycles. The minimum absolute atomic E-state index is 0.0497. The lowest BCUT2D eigenvalue weighted by atomic mass is 10.1. The van der Waals surface area contributed by atoms with Crippen molar-refractivity contribution in [3.63, 3.8) is 0 Å². The van der Waals surface area contributed by atoms with Gasteiger partial charge in [-0.05, 0) is 34.1 Å². The Morgan fingerprint density at radius 2 is 2.19 bits per heavy atom. The minimum Gasteiger partial charge on any atom is -0.346 e. The minimum atomic E-state index is -0.493. The first-order valence-corrected chi connectivity index (χ1v) is 5.86. The third-order valence-corrected chi connectivity index (χ3v) is 3.49. The van der Waals surface area contributed by atoms with E-state index in [2.05, 4.69) is 25.9 Å². The highest BCUT2D eigenvalue weighted by atomic mass is 79.9. The molecule has 1 heterocycles. The van der Waals surface area contributed by atoms with Crippen LogP contribution < -0.4 is 0 Å². The monoisotopic (exact) mass is 318 g/mol. The summed E-state index contributed by atoms with van der Waals surface area (Å²) in [5.74, 6) is -0.493. The molecule has 0 fully saturated rings. The maximum atomic E-state index is 13.8. The maximum Gasteiger partial charge on any atom is 0.152 e. The molecule has 2 aromatic rings. The van der Waals surface area contributed by atoms with Crippen molar-refractivity contribution in [2.75, 3.05) is 0 Å². The molecule has 16 heavy (non-hydrogen) atoms. The summed E-state index contributed by atoms with van der Waals surface area (Å²) in [5.41, 5.74) is 0.911. The molecule has 0 spiro atoms. The molecule has 6 heteroatoms. The Morgan fingerprint density at radius 1 is 1.44 bits per heavy atom. The van der Waals surface area contributed by atoms with Crippen molar-refractivity contribution in [3.8, 4) is 11.3 Å². The van der Waals surface area contributed by atoms with Gasteiger partial charge in [0.15, 0.2) is 5.82 Å². The number of hydrogen-bond acceptors (Lipinski definition) is 2.